The number of benzene rings is 11. The molecule has 0 bridgehead atoms. The van der Waals surface area contributed by atoms with Gasteiger partial charge in [-0.15, -0.1) is 0 Å². The van der Waals surface area contributed by atoms with Crippen LogP contribution in [0.15, 0.2) is 259 Å². The van der Waals surface area contributed by atoms with Crippen LogP contribution in [0.1, 0.15) is 22.3 Å². The molecule has 13 aromatic rings. The van der Waals surface area contributed by atoms with E-state index in [1.54, 1.807) is 0 Å². The summed E-state index contributed by atoms with van der Waals surface area (Å²) in [6.07, 6.45) is 0. The molecule has 0 radical (unpaired) electrons. The minimum absolute atomic E-state index is 0.594. The molecule has 3 heterocycles. The highest BCUT2D eigenvalue weighted by atomic mass is 16.3. The molecule has 11 aromatic carbocycles. The van der Waals surface area contributed by atoms with Crippen LogP contribution in [0.3, 0.4) is 0 Å². The molecule has 70 heavy (non-hydrogen) atoms. The molecule has 0 saturated heterocycles. The molecule has 1 aliphatic heterocycles. The lowest BCUT2D eigenvalue weighted by atomic mass is 9.65. The van der Waals surface area contributed by atoms with E-state index in [4.69, 9.17) is 4.42 Å². The van der Waals surface area contributed by atoms with Gasteiger partial charge in [-0.05, 0) is 116 Å². The lowest BCUT2D eigenvalue weighted by molar-refractivity contribution is 0.669. The average Bonchev–Trinajstić information content (AvgIpc) is 4.09. The second-order valence-corrected chi connectivity index (χ2v) is 18.7. The molecule has 3 nitrogen and oxygen atoms in total. The van der Waals surface area contributed by atoms with Gasteiger partial charge in [-0.1, -0.05) is 200 Å². The highest BCUT2D eigenvalue weighted by molar-refractivity contribution is 6.14. The maximum atomic E-state index is 6.36. The topological polar surface area (TPSA) is 21.3 Å². The third-order valence-corrected chi connectivity index (χ3v) is 15.2. The maximum Gasteiger partial charge on any atom is 0.136 e. The van der Waals surface area contributed by atoms with Crippen molar-refractivity contribution in [3.8, 4) is 50.2 Å². The molecule has 1 spiro atoms. The Morgan fingerprint density at radius 2 is 0.929 bits per heavy atom. The summed E-state index contributed by atoms with van der Waals surface area (Å²) in [5.74, 6) is 0. The van der Waals surface area contributed by atoms with Crippen molar-refractivity contribution >= 4 is 60.8 Å². The molecule has 1 aliphatic carbocycles. The van der Waals surface area contributed by atoms with Gasteiger partial charge in [0.05, 0.1) is 27.8 Å². The molecule has 0 fully saturated rings. The van der Waals surface area contributed by atoms with Crippen molar-refractivity contribution in [3.05, 3.63) is 277 Å². The second kappa shape index (κ2) is 14.9. The first-order valence-electron chi connectivity index (χ1n) is 24.2. The highest BCUT2D eigenvalue weighted by Crippen LogP contribution is 2.62. The van der Waals surface area contributed by atoms with Crippen LogP contribution in [0.5, 0.6) is 0 Å². The highest BCUT2D eigenvalue weighted by Gasteiger charge is 2.51. The fourth-order valence-electron chi connectivity index (χ4n) is 12.4. The molecule has 2 aromatic heterocycles. The van der Waals surface area contributed by atoms with Gasteiger partial charge in [0.2, 0.25) is 0 Å². The van der Waals surface area contributed by atoms with Crippen LogP contribution in [-0.4, -0.2) is 4.57 Å². The molecule has 3 heteroatoms. The van der Waals surface area contributed by atoms with Crippen LogP contribution >= 0.6 is 0 Å². The van der Waals surface area contributed by atoms with Crippen LogP contribution < -0.4 is 4.90 Å². The monoisotopic (exact) mass is 890 g/mol. The zero-order valence-corrected chi connectivity index (χ0v) is 38.1. The van der Waals surface area contributed by atoms with E-state index < -0.39 is 5.41 Å². The molecule has 1 unspecified atom stereocenters. The van der Waals surface area contributed by atoms with E-state index >= 15 is 0 Å². The Morgan fingerprint density at radius 1 is 0.343 bits per heavy atom. The third-order valence-electron chi connectivity index (χ3n) is 15.2. The summed E-state index contributed by atoms with van der Waals surface area (Å²) in [6, 6.07) is 93.7. The van der Waals surface area contributed by atoms with E-state index in [0.717, 1.165) is 55.7 Å². The fourth-order valence-corrected chi connectivity index (χ4v) is 12.4. The van der Waals surface area contributed by atoms with Crippen molar-refractivity contribution in [2.75, 3.05) is 4.90 Å². The van der Waals surface area contributed by atoms with Gasteiger partial charge in [0.15, 0.2) is 0 Å². The zero-order chi connectivity index (χ0) is 45.9. The Kier molecular flexibility index (Phi) is 8.28. The Labute approximate surface area is 405 Å². The predicted octanol–water partition coefficient (Wildman–Crippen LogP) is 17.8. The Hall–Kier alpha value is -9.18. The molecular formula is C67H42N2O. The number of hydrogen-bond acceptors (Lipinski definition) is 2. The molecule has 0 N–H and O–H groups in total. The third kappa shape index (κ3) is 5.34. The largest absolute Gasteiger partial charge is 0.456 e. The van der Waals surface area contributed by atoms with Crippen molar-refractivity contribution in [1.82, 2.24) is 4.57 Å². The van der Waals surface area contributed by atoms with Crippen molar-refractivity contribution in [1.29, 1.82) is 0 Å². The molecule has 2 aliphatic rings. The molecule has 326 valence electrons. The van der Waals surface area contributed by atoms with E-state index in [-0.39, 0.29) is 0 Å². The van der Waals surface area contributed by atoms with Crippen LogP contribution in [0.25, 0.3) is 93.9 Å². The number of aromatic nitrogens is 1. The summed E-state index contributed by atoms with van der Waals surface area (Å²) >= 11 is 0. The molecule has 0 saturated carbocycles. The van der Waals surface area contributed by atoms with Crippen molar-refractivity contribution < 1.29 is 4.42 Å². The number of anilines is 3. The van der Waals surface area contributed by atoms with Gasteiger partial charge < -0.3 is 13.9 Å². The predicted molar refractivity (Wildman–Crippen MR) is 290 cm³/mol. The summed E-state index contributed by atoms with van der Waals surface area (Å²) in [5.41, 5.74) is 22.9. The van der Waals surface area contributed by atoms with Crippen LogP contribution in [-0.2, 0) is 5.41 Å². The van der Waals surface area contributed by atoms with Crippen molar-refractivity contribution in [2.24, 2.45) is 0 Å². The number of rotatable bonds is 6. The van der Waals surface area contributed by atoms with E-state index in [2.05, 4.69) is 258 Å². The number of fused-ring (bicyclic) bond motifs is 15. The number of nitrogens with zero attached hydrogens (tertiary/aromatic N) is 2. The van der Waals surface area contributed by atoms with Gasteiger partial charge in [-0.2, -0.15) is 0 Å². The Morgan fingerprint density at radius 3 is 1.80 bits per heavy atom. The zero-order valence-electron chi connectivity index (χ0n) is 38.1. The van der Waals surface area contributed by atoms with Gasteiger partial charge in [-0.3, -0.25) is 0 Å². The Bertz CT molecular complexity index is 4250. The SMILES string of the molecule is c1ccc(-c2ccccc2-c2ccccc2N(c2ccc(-c3cccc4oc5ccccc5c34)cc2)c2ccc3c(c2)C2(c4ccccc4-3)c3ccccc3-n3c4ccccc4c4cccc2c43)cc1. The second-order valence-electron chi connectivity index (χ2n) is 18.7. The van der Waals surface area contributed by atoms with Crippen LogP contribution in [0.2, 0.25) is 0 Å². The molecular weight excluding hydrogens is 849 g/mol. The number of furan rings is 1. The fraction of sp³-hybridized carbons (Fsp3) is 0.0149. The smallest absolute Gasteiger partial charge is 0.136 e. The molecule has 15 rings (SSSR count). The lowest BCUT2D eigenvalue weighted by Crippen LogP contribution is -2.33. The minimum atomic E-state index is -0.594. The number of para-hydroxylation sites is 5. The summed E-state index contributed by atoms with van der Waals surface area (Å²) in [6.45, 7) is 0. The molecule has 1 atom stereocenters. The first-order chi connectivity index (χ1) is 34.8. The van der Waals surface area contributed by atoms with Gasteiger partial charge >= 0.3 is 0 Å². The normalized spacial score (nSPS) is 14.3. The minimum Gasteiger partial charge on any atom is -0.456 e. The first kappa shape index (κ1) is 38.9. The summed E-state index contributed by atoms with van der Waals surface area (Å²) in [4.78, 5) is 2.48. The van der Waals surface area contributed by atoms with Crippen LogP contribution in [0, 0.1) is 0 Å². The molecule has 0 amide bonds. The van der Waals surface area contributed by atoms with E-state index in [9.17, 15) is 0 Å². The van der Waals surface area contributed by atoms with E-state index in [0.29, 0.717) is 0 Å². The first-order valence-corrected chi connectivity index (χ1v) is 24.2. The van der Waals surface area contributed by atoms with Gasteiger partial charge in [-0.25, -0.2) is 0 Å². The number of hydrogen-bond donors (Lipinski definition) is 0. The van der Waals surface area contributed by atoms with E-state index in [1.165, 1.54) is 77.6 Å². The van der Waals surface area contributed by atoms with Crippen molar-refractivity contribution in [3.63, 3.8) is 0 Å². The summed E-state index contributed by atoms with van der Waals surface area (Å²) < 4.78 is 8.88. The quantitative estimate of drug-likeness (QED) is 0.166. The van der Waals surface area contributed by atoms with E-state index in [1.807, 2.05) is 6.07 Å². The summed E-state index contributed by atoms with van der Waals surface area (Å²) in [5, 5.41) is 4.80. The maximum absolute atomic E-state index is 6.36. The van der Waals surface area contributed by atoms with Gasteiger partial charge in [0.1, 0.15) is 11.2 Å². The average molecular weight is 891 g/mol. The lowest BCUT2D eigenvalue weighted by Gasteiger charge is -2.40. The Balaban J connectivity index is 0.995. The van der Waals surface area contributed by atoms with Gasteiger partial charge in [0.25, 0.3) is 0 Å². The standard InChI is InChI=1S/C67H42N2O/c1-2-18-43(19-3-1)47-20-4-5-21-49(47)52-23-7-12-31-60(52)68(45-38-36-44(37-39-45)48-26-17-35-64-65(48)55-25-9-15-34-63(55)70-64)46-40-41-51-50-22-6-10-28-56(50)67(59(51)42-46)57-29-11-14-33-62(57)69-61-32-13-8-24-53(61)54-27-16-30-58(67)66(54)69/h1-42H. The van der Waals surface area contributed by atoms with Gasteiger partial charge in [0, 0.05) is 38.5 Å². The van der Waals surface area contributed by atoms with Crippen molar-refractivity contribution in [2.45, 2.75) is 5.41 Å². The van der Waals surface area contributed by atoms with Crippen LogP contribution in [0.4, 0.5) is 17.1 Å². The summed E-state index contributed by atoms with van der Waals surface area (Å²) in [7, 11) is 0.